The summed E-state index contributed by atoms with van der Waals surface area (Å²) in [5.74, 6) is 2.16. The van der Waals surface area contributed by atoms with Gasteiger partial charge in [-0.2, -0.15) is 0 Å². The number of rotatable bonds is 14. The van der Waals surface area contributed by atoms with Crippen LogP contribution in [0.3, 0.4) is 0 Å². The number of aliphatic hydroxyl groups is 1. The molecule has 29 heavy (non-hydrogen) atoms. The van der Waals surface area contributed by atoms with E-state index in [1.807, 2.05) is 0 Å². The van der Waals surface area contributed by atoms with Crippen LogP contribution in [0.5, 0.6) is 0 Å². The van der Waals surface area contributed by atoms with Crippen LogP contribution in [-0.4, -0.2) is 60.0 Å². The van der Waals surface area contributed by atoms with Gasteiger partial charge in [-0.3, -0.25) is 4.79 Å². The molecule has 0 aromatic heterocycles. The van der Waals surface area contributed by atoms with Gasteiger partial charge in [0.25, 0.3) is 0 Å². The molecule has 0 heterocycles. The van der Waals surface area contributed by atoms with Gasteiger partial charge in [0, 0.05) is 51.4 Å². The van der Waals surface area contributed by atoms with Crippen molar-refractivity contribution in [1.29, 1.82) is 0 Å². The smallest absolute Gasteiger partial charge is 0.188 e. The predicted molar refractivity (Wildman–Crippen MR) is 106 cm³/mol. The molecule has 1 aliphatic carbocycles. The lowest BCUT2D eigenvalue weighted by molar-refractivity contribution is -0.105. The van der Waals surface area contributed by atoms with E-state index in [2.05, 4.69) is 0 Å². The van der Waals surface area contributed by atoms with Crippen LogP contribution >= 0.6 is 0 Å². The van der Waals surface area contributed by atoms with Crippen LogP contribution < -0.4 is 0 Å². The second-order valence-corrected chi connectivity index (χ2v) is 5.92. The molecule has 0 amide bonds. The summed E-state index contributed by atoms with van der Waals surface area (Å²) in [5, 5.41) is 9.09. The van der Waals surface area contributed by atoms with Crippen molar-refractivity contribution in [2.75, 3.05) is 48.6 Å². The number of hydrogen-bond acceptors (Lipinski definition) is 8. The quantitative estimate of drug-likeness (QED) is 0.202. The maximum atomic E-state index is 11.7. The van der Waals surface area contributed by atoms with Gasteiger partial charge in [-0.15, -0.1) is 0 Å². The Morgan fingerprint density at radius 3 is 2.38 bits per heavy atom. The topological polar surface area (TPSA) is 92.7 Å². The van der Waals surface area contributed by atoms with Gasteiger partial charge in [0.2, 0.25) is 0 Å². The number of hydrogen-bond donors (Lipinski definition) is 1. The molecule has 0 fully saturated rings. The Labute approximate surface area is 171 Å². The van der Waals surface area contributed by atoms with Gasteiger partial charge in [-0.05, 0) is 24.1 Å². The highest BCUT2D eigenvalue weighted by Gasteiger charge is 2.16. The summed E-state index contributed by atoms with van der Waals surface area (Å²) in [6.07, 6.45) is 8.75. The van der Waals surface area contributed by atoms with Gasteiger partial charge in [0.15, 0.2) is 13.6 Å². The Kier molecular flexibility index (Phi) is 12.2. The Bertz CT molecular complexity index is 670. The highest BCUT2D eigenvalue weighted by Crippen LogP contribution is 2.28. The molecule has 0 atom stereocenters. The minimum absolute atomic E-state index is 0.0201. The number of carbonyl (C=O) groups is 1. The Morgan fingerprint density at radius 1 is 1.07 bits per heavy atom. The van der Waals surface area contributed by atoms with E-state index in [-0.39, 0.29) is 20.2 Å². The second kappa shape index (κ2) is 14.4. The SMILES string of the molecule is COCOC(=C/CCO)/C=C(\CC1=C(C=O)CC(OC)=CC(OC)=C1)OCOC. The second-order valence-electron chi connectivity index (χ2n) is 5.92. The largest absolute Gasteiger partial charge is 0.501 e. The fourth-order valence-corrected chi connectivity index (χ4v) is 2.47. The summed E-state index contributed by atoms with van der Waals surface area (Å²) >= 11 is 0. The lowest BCUT2D eigenvalue weighted by Crippen LogP contribution is -2.03. The average Bonchev–Trinajstić information content (AvgIpc) is 2.92. The molecular weight excluding hydrogens is 380 g/mol. The van der Waals surface area contributed by atoms with Crippen molar-refractivity contribution >= 4 is 6.29 Å². The molecule has 1 N–H and O–H groups in total. The maximum absolute atomic E-state index is 11.7. The van der Waals surface area contributed by atoms with Gasteiger partial charge in [0.1, 0.15) is 29.3 Å². The summed E-state index contributed by atoms with van der Waals surface area (Å²) in [4.78, 5) is 11.7. The summed E-state index contributed by atoms with van der Waals surface area (Å²) in [5.41, 5.74) is 1.27. The van der Waals surface area contributed by atoms with E-state index < -0.39 is 0 Å². The summed E-state index contributed by atoms with van der Waals surface area (Å²) in [6, 6.07) is 0. The molecule has 0 aliphatic heterocycles. The molecule has 0 radical (unpaired) electrons. The van der Waals surface area contributed by atoms with E-state index in [0.29, 0.717) is 47.9 Å². The summed E-state index contributed by atoms with van der Waals surface area (Å²) in [7, 11) is 6.12. The summed E-state index contributed by atoms with van der Waals surface area (Å²) in [6.45, 7) is 0.0474. The molecule has 0 aromatic rings. The van der Waals surface area contributed by atoms with E-state index in [1.165, 1.54) is 14.2 Å². The van der Waals surface area contributed by atoms with Gasteiger partial charge in [-0.1, -0.05) is 0 Å². The number of allylic oxidation sites excluding steroid dienone is 5. The first-order valence-electron chi connectivity index (χ1n) is 9.04. The number of aldehydes is 1. The van der Waals surface area contributed by atoms with Crippen molar-refractivity contribution in [2.45, 2.75) is 19.3 Å². The standard InChI is InChI=1S/C21H30O8/c1-24-14-28-18(6-5-7-22)11-21(29-15-25-2)9-16-8-19(26-3)12-20(27-4)10-17(16)13-23/h6,8,11-13,22H,5,7,9-10,14-15H2,1-4H3/b18-6+,21-11+. The molecule has 1 aliphatic rings. The number of aliphatic hydroxyl groups excluding tert-OH is 1. The van der Waals surface area contributed by atoms with Crippen LogP contribution in [0.4, 0.5) is 0 Å². The Morgan fingerprint density at radius 2 is 1.79 bits per heavy atom. The third-order valence-corrected chi connectivity index (χ3v) is 3.89. The van der Waals surface area contributed by atoms with E-state index >= 15 is 0 Å². The fourth-order valence-electron chi connectivity index (χ4n) is 2.47. The highest BCUT2D eigenvalue weighted by atomic mass is 16.7. The van der Waals surface area contributed by atoms with Crippen molar-refractivity contribution in [3.63, 3.8) is 0 Å². The molecule has 0 saturated heterocycles. The summed E-state index contributed by atoms with van der Waals surface area (Å²) < 4.78 is 31.9. The van der Waals surface area contributed by atoms with Gasteiger partial charge in [0.05, 0.1) is 14.2 Å². The van der Waals surface area contributed by atoms with E-state index in [0.717, 1.165) is 11.9 Å². The predicted octanol–water partition coefficient (Wildman–Crippen LogP) is 2.73. The molecule has 0 spiro atoms. The normalized spacial score (nSPS) is 15.3. The lowest BCUT2D eigenvalue weighted by atomic mass is 10.0. The number of ether oxygens (including phenoxy) is 6. The third-order valence-electron chi connectivity index (χ3n) is 3.89. The van der Waals surface area contributed by atoms with Crippen LogP contribution in [0.2, 0.25) is 0 Å². The van der Waals surface area contributed by atoms with E-state index in [1.54, 1.807) is 38.5 Å². The monoisotopic (exact) mass is 410 g/mol. The van der Waals surface area contributed by atoms with Crippen molar-refractivity contribution in [2.24, 2.45) is 0 Å². The van der Waals surface area contributed by atoms with Crippen LogP contribution in [0.15, 0.2) is 58.5 Å². The van der Waals surface area contributed by atoms with Crippen LogP contribution in [-0.2, 0) is 33.2 Å². The van der Waals surface area contributed by atoms with Gasteiger partial charge < -0.3 is 33.5 Å². The Balaban J connectivity index is 3.25. The molecular formula is C21H30O8. The first kappa shape index (κ1) is 24.5. The van der Waals surface area contributed by atoms with Crippen molar-refractivity contribution in [3.8, 4) is 0 Å². The van der Waals surface area contributed by atoms with Gasteiger partial charge in [-0.25, -0.2) is 0 Å². The molecule has 8 nitrogen and oxygen atoms in total. The molecule has 1 rings (SSSR count). The molecule has 0 unspecified atom stereocenters. The first-order valence-corrected chi connectivity index (χ1v) is 9.04. The van der Waals surface area contributed by atoms with E-state index in [9.17, 15) is 4.79 Å². The van der Waals surface area contributed by atoms with Crippen LogP contribution in [0.25, 0.3) is 0 Å². The minimum atomic E-state index is -0.0201. The zero-order valence-corrected chi connectivity index (χ0v) is 17.4. The minimum Gasteiger partial charge on any atom is -0.501 e. The fraction of sp³-hybridized carbons (Fsp3) is 0.476. The molecule has 0 aromatic carbocycles. The number of carbonyl (C=O) groups excluding carboxylic acids is 1. The van der Waals surface area contributed by atoms with Crippen molar-refractivity contribution in [1.82, 2.24) is 0 Å². The average molecular weight is 410 g/mol. The molecule has 0 bridgehead atoms. The maximum Gasteiger partial charge on any atom is 0.188 e. The highest BCUT2D eigenvalue weighted by molar-refractivity contribution is 5.77. The lowest BCUT2D eigenvalue weighted by Gasteiger charge is -2.14. The zero-order chi connectivity index (χ0) is 21.5. The molecule has 8 heteroatoms. The van der Waals surface area contributed by atoms with E-state index in [4.69, 9.17) is 33.5 Å². The molecule has 0 saturated carbocycles. The van der Waals surface area contributed by atoms with Gasteiger partial charge >= 0.3 is 0 Å². The first-order chi connectivity index (χ1) is 14.1. The van der Waals surface area contributed by atoms with Crippen LogP contribution in [0.1, 0.15) is 19.3 Å². The van der Waals surface area contributed by atoms with Crippen LogP contribution in [0, 0.1) is 0 Å². The molecule has 162 valence electrons. The third kappa shape index (κ3) is 8.99. The van der Waals surface area contributed by atoms with Crippen molar-refractivity contribution in [3.05, 3.63) is 58.5 Å². The zero-order valence-electron chi connectivity index (χ0n) is 17.4. The Hall–Kier alpha value is -2.55. The van der Waals surface area contributed by atoms with Crippen molar-refractivity contribution < 1.29 is 38.3 Å². The number of methoxy groups -OCH3 is 4.